The molecule has 1 N–H and O–H groups in total. The standard InChI is InChI=1S/C11H15N3O3/c1-13-7-4-12-9(10(13)15)14-5-2-8(3-6-14)11(16)17/h4,7-8H,2-3,5-6H2,1H3,(H,16,17). The lowest BCUT2D eigenvalue weighted by Gasteiger charge is -2.30. The van der Waals surface area contributed by atoms with E-state index in [2.05, 4.69) is 4.98 Å². The Morgan fingerprint density at radius 2 is 2.12 bits per heavy atom. The number of anilines is 1. The van der Waals surface area contributed by atoms with Crippen LogP contribution in [0.2, 0.25) is 0 Å². The number of carboxylic acid groups (broad SMARTS) is 1. The number of hydrogen-bond donors (Lipinski definition) is 1. The van der Waals surface area contributed by atoms with Crippen LogP contribution in [0.1, 0.15) is 12.8 Å². The van der Waals surface area contributed by atoms with Gasteiger partial charge in [-0.1, -0.05) is 0 Å². The van der Waals surface area contributed by atoms with Crippen LogP contribution >= 0.6 is 0 Å². The van der Waals surface area contributed by atoms with Crippen LogP contribution in [-0.4, -0.2) is 33.7 Å². The van der Waals surface area contributed by atoms with Gasteiger partial charge in [-0.15, -0.1) is 0 Å². The van der Waals surface area contributed by atoms with Crippen molar-refractivity contribution in [1.82, 2.24) is 9.55 Å². The monoisotopic (exact) mass is 237 g/mol. The van der Waals surface area contributed by atoms with E-state index >= 15 is 0 Å². The number of rotatable bonds is 2. The second-order valence-electron chi connectivity index (χ2n) is 4.27. The molecule has 0 spiro atoms. The first-order valence-electron chi connectivity index (χ1n) is 5.59. The lowest BCUT2D eigenvalue weighted by Crippen LogP contribution is -2.40. The number of carbonyl (C=O) groups is 1. The summed E-state index contributed by atoms with van der Waals surface area (Å²) in [6.07, 6.45) is 4.32. The van der Waals surface area contributed by atoms with Crippen molar-refractivity contribution >= 4 is 11.8 Å². The van der Waals surface area contributed by atoms with Crippen LogP contribution in [0.5, 0.6) is 0 Å². The Morgan fingerprint density at radius 1 is 1.47 bits per heavy atom. The van der Waals surface area contributed by atoms with Crippen molar-refractivity contribution in [2.75, 3.05) is 18.0 Å². The molecule has 6 heteroatoms. The van der Waals surface area contributed by atoms with E-state index in [0.717, 1.165) is 0 Å². The molecule has 0 aliphatic carbocycles. The predicted molar refractivity (Wildman–Crippen MR) is 62.1 cm³/mol. The molecule has 1 fully saturated rings. The molecule has 0 saturated carbocycles. The molecule has 1 aromatic heterocycles. The molecule has 1 saturated heterocycles. The van der Waals surface area contributed by atoms with E-state index in [0.29, 0.717) is 31.7 Å². The lowest BCUT2D eigenvalue weighted by atomic mass is 9.97. The molecule has 1 aromatic rings. The number of nitrogens with zero attached hydrogens (tertiary/aromatic N) is 3. The zero-order chi connectivity index (χ0) is 12.4. The highest BCUT2D eigenvalue weighted by atomic mass is 16.4. The normalized spacial score (nSPS) is 17.1. The van der Waals surface area contributed by atoms with Gasteiger partial charge in [-0.05, 0) is 12.8 Å². The molecule has 1 aliphatic rings. The van der Waals surface area contributed by atoms with Gasteiger partial charge >= 0.3 is 5.97 Å². The van der Waals surface area contributed by atoms with E-state index in [9.17, 15) is 9.59 Å². The van der Waals surface area contributed by atoms with Gasteiger partial charge in [-0.3, -0.25) is 9.59 Å². The maximum Gasteiger partial charge on any atom is 0.306 e. The molecule has 17 heavy (non-hydrogen) atoms. The molecule has 1 aliphatic heterocycles. The Kier molecular flexibility index (Phi) is 3.12. The second kappa shape index (κ2) is 4.57. The molecular formula is C11H15N3O3. The molecule has 0 atom stereocenters. The van der Waals surface area contributed by atoms with Crippen molar-refractivity contribution in [2.24, 2.45) is 13.0 Å². The van der Waals surface area contributed by atoms with Gasteiger partial charge in [-0.25, -0.2) is 4.98 Å². The minimum absolute atomic E-state index is 0.138. The molecule has 0 aromatic carbocycles. The average Bonchev–Trinajstić information content (AvgIpc) is 2.33. The fourth-order valence-corrected chi connectivity index (χ4v) is 2.04. The van der Waals surface area contributed by atoms with Gasteiger partial charge < -0.3 is 14.6 Å². The van der Waals surface area contributed by atoms with Crippen LogP contribution in [-0.2, 0) is 11.8 Å². The molecule has 2 rings (SSSR count). The van der Waals surface area contributed by atoms with Gasteiger partial charge in [0, 0.05) is 32.5 Å². The van der Waals surface area contributed by atoms with Gasteiger partial charge in [0.2, 0.25) is 0 Å². The van der Waals surface area contributed by atoms with Gasteiger partial charge in [0.1, 0.15) is 0 Å². The summed E-state index contributed by atoms with van der Waals surface area (Å²) in [7, 11) is 1.68. The summed E-state index contributed by atoms with van der Waals surface area (Å²) >= 11 is 0. The van der Waals surface area contributed by atoms with E-state index in [4.69, 9.17) is 5.11 Å². The summed E-state index contributed by atoms with van der Waals surface area (Å²) in [5, 5.41) is 8.89. The molecule has 0 bridgehead atoms. The fraction of sp³-hybridized carbons (Fsp3) is 0.545. The van der Waals surface area contributed by atoms with Crippen LogP contribution in [0.4, 0.5) is 5.82 Å². The highest BCUT2D eigenvalue weighted by Crippen LogP contribution is 2.19. The summed E-state index contributed by atoms with van der Waals surface area (Å²) < 4.78 is 1.48. The highest BCUT2D eigenvalue weighted by Gasteiger charge is 2.26. The number of piperidine rings is 1. The summed E-state index contributed by atoms with van der Waals surface area (Å²) in [5.41, 5.74) is -0.138. The molecule has 0 amide bonds. The minimum Gasteiger partial charge on any atom is -0.481 e. The van der Waals surface area contributed by atoms with Crippen LogP contribution in [0.25, 0.3) is 0 Å². The Hall–Kier alpha value is -1.85. The van der Waals surface area contributed by atoms with Gasteiger partial charge in [0.25, 0.3) is 5.56 Å². The first-order valence-corrected chi connectivity index (χ1v) is 5.59. The number of aromatic nitrogens is 2. The number of aryl methyl sites for hydroxylation is 1. The Bertz CT molecular complexity index is 475. The Labute approximate surface area is 98.5 Å². The SMILES string of the molecule is Cn1ccnc(N2CCC(C(=O)O)CC2)c1=O. The Balaban J connectivity index is 2.13. The molecule has 2 heterocycles. The summed E-state index contributed by atoms with van der Waals surface area (Å²) in [5.74, 6) is -0.628. The lowest BCUT2D eigenvalue weighted by molar-refractivity contribution is -0.142. The summed E-state index contributed by atoms with van der Waals surface area (Å²) in [6, 6.07) is 0. The third-order valence-corrected chi connectivity index (χ3v) is 3.14. The van der Waals surface area contributed by atoms with Crippen molar-refractivity contribution in [1.29, 1.82) is 0 Å². The van der Waals surface area contributed by atoms with E-state index in [-0.39, 0.29) is 11.5 Å². The zero-order valence-corrected chi connectivity index (χ0v) is 9.67. The topological polar surface area (TPSA) is 75.4 Å². The fourth-order valence-electron chi connectivity index (χ4n) is 2.04. The van der Waals surface area contributed by atoms with E-state index in [1.165, 1.54) is 4.57 Å². The third-order valence-electron chi connectivity index (χ3n) is 3.14. The summed E-state index contributed by atoms with van der Waals surface area (Å²) in [6.45, 7) is 1.15. The van der Waals surface area contributed by atoms with Crippen molar-refractivity contribution in [3.63, 3.8) is 0 Å². The molecular weight excluding hydrogens is 222 g/mol. The molecule has 0 unspecified atom stereocenters. The quantitative estimate of drug-likeness (QED) is 0.788. The maximum atomic E-state index is 11.8. The number of hydrogen-bond acceptors (Lipinski definition) is 4. The van der Waals surface area contributed by atoms with Crippen molar-refractivity contribution in [2.45, 2.75) is 12.8 Å². The third kappa shape index (κ3) is 2.30. The largest absolute Gasteiger partial charge is 0.481 e. The molecule has 6 nitrogen and oxygen atoms in total. The molecule has 92 valence electrons. The van der Waals surface area contributed by atoms with E-state index in [1.54, 1.807) is 19.4 Å². The minimum atomic E-state index is -0.751. The first kappa shape index (κ1) is 11.6. The maximum absolute atomic E-state index is 11.8. The smallest absolute Gasteiger partial charge is 0.306 e. The van der Waals surface area contributed by atoms with Crippen LogP contribution in [0.3, 0.4) is 0 Å². The van der Waals surface area contributed by atoms with Gasteiger partial charge in [-0.2, -0.15) is 0 Å². The summed E-state index contributed by atoms with van der Waals surface area (Å²) in [4.78, 5) is 28.6. The van der Waals surface area contributed by atoms with Crippen LogP contribution < -0.4 is 10.5 Å². The Morgan fingerprint density at radius 3 is 2.71 bits per heavy atom. The van der Waals surface area contributed by atoms with Gasteiger partial charge in [0.05, 0.1) is 5.92 Å². The van der Waals surface area contributed by atoms with Crippen molar-refractivity contribution < 1.29 is 9.90 Å². The van der Waals surface area contributed by atoms with Crippen LogP contribution in [0, 0.1) is 5.92 Å². The average molecular weight is 237 g/mol. The number of carboxylic acids is 1. The second-order valence-corrected chi connectivity index (χ2v) is 4.27. The van der Waals surface area contributed by atoms with E-state index < -0.39 is 5.97 Å². The van der Waals surface area contributed by atoms with Crippen LogP contribution in [0.15, 0.2) is 17.2 Å². The zero-order valence-electron chi connectivity index (χ0n) is 9.67. The molecule has 0 radical (unpaired) electrons. The predicted octanol–water partition coefficient (Wildman–Crippen LogP) is 0.0813. The highest BCUT2D eigenvalue weighted by molar-refractivity contribution is 5.70. The van der Waals surface area contributed by atoms with Crippen molar-refractivity contribution in [3.8, 4) is 0 Å². The first-order chi connectivity index (χ1) is 8.09. The van der Waals surface area contributed by atoms with E-state index in [1.807, 2.05) is 4.90 Å². The van der Waals surface area contributed by atoms with Gasteiger partial charge in [0.15, 0.2) is 5.82 Å². The van der Waals surface area contributed by atoms with Crippen molar-refractivity contribution in [3.05, 3.63) is 22.7 Å². The number of aliphatic carboxylic acids is 1.